The van der Waals surface area contributed by atoms with Crippen LogP contribution in [0.1, 0.15) is 27.7 Å². The molecule has 2 atom stereocenters. The van der Waals surface area contributed by atoms with Gasteiger partial charge in [0.25, 0.3) is 0 Å². The SMILES string of the molecule is C/C=C/C(C(=O)OC)[C@H](NC(=O)C(F)(F)F)C(=O)OC(C)(C)C. The third-order valence-electron chi connectivity index (χ3n) is 2.44. The number of amides is 1. The fraction of sp³-hybridized carbons (Fsp3) is 0.643. The van der Waals surface area contributed by atoms with Crippen LogP contribution in [-0.2, 0) is 23.9 Å². The van der Waals surface area contributed by atoms with E-state index in [2.05, 4.69) is 4.74 Å². The third-order valence-corrected chi connectivity index (χ3v) is 2.44. The van der Waals surface area contributed by atoms with Gasteiger partial charge in [0, 0.05) is 0 Å². The van der Waals surface area contributed by atoms with Crippen molar-refractivity contribution in [1.29, 1.82) is 0 Å². The molecule has 6 nitrogen and oxygen atoms in total. The van der Waals surface area contributed by atoms with Crippen molar-refractivity contribution in [3.63, 3.8) is 0 Å². The Hall–Kier alpha value is -2.06. The van der Waals surface area contributed by atoms with Gasteiger partial charge in [0.1, 0.15) is 17.6 Å². The van der Waals surface area contributed by atoms with Gasteiger partial charge in [0.2, 0.25) is 0 Å². The molecule has 0 rings (SSSR count). The topological polar surface area (TPSA) is 81.7 Å². The van der Waals surface area contributed by atoms with Crippen molar-refractivity contribution in [2.75, 3.05) is 7.11 Å². The Morgan fingerprint density at radius 2 is 1.61 bits per heavy atom. The maximum absolute atomic E-state index is 12.4. The summed E-state index contributed by atoms with van der Waals surface area (Å²) >= 11 is 0. The minimum atomic E-state index is -5.21. The van der Waals surface area contributed by atoms with Crippen LogP contribution < -0.4 is 5.32 Å². The lowest BCUT2D eigenvalue weighted by molar-refractivity contribution is -0.178. The molecule has 0 saturated heterocycles. The Bertz CT molecular complexity index is 480. The highest BCUT2D eigenvalue weighted by atomic mass is 19.4. The molecule has 0 heterocycles. The zero-order chi connectivity index (χ0) is 18.4. The summed E-state index contributed by atoms with van der Waals surface area (Å²) in [4.78, 5) is 35.0. The maximum Gasteiger partial charge on any atom is 0.471 e. The molecule has 0 aliphatic heterocycles. The van der Waals surface area contributed by atoms with Gasteiger partial charge in [-0.2, -0.15) is 13.2 Å². The molecular formula is C14H20F3NO5. The Balaban J connectivity index is 5.63. The van der Waals surface area contributed by atoms with Crippen LogP contribution in [0.3, 0.4) is 0 Å². The van der Waals surface area contributed by atoms with Crippen LogP contribution >= 0.6 is 0 Å². The highest BCUT2D eigenvalue weighted by Crippen LogP contribution is 2.19. The van der Waals surface area contributed by atoms with E-state index >= 15 is 0 Å². The molecule has 0 saturated carbocycles. The second kappa shape index (κ2) is 7.98. The molecule has 132 valence electrons. The summed E-state index contributed by atoms with van der Waals surface area (Å²) < 4.78 is 46.8. The number of carbonyl (C=O) groups excluding carboxylic acids is 3. The second-order valence-corrected chi connectivity index (χ2v) is 5.56. The van der Waals surface area contributed by atoms with Gasteiger partial charge in [-0.05, 0) is 27.7 Å². The Labute approximate surface area is 132 Å². The molecule has 0 aliphatic rings. The molecule has 1 unspecified atom stereocenters. The number of hydrogen-bond acceptors (Lipinski definition) is 5. The highest BCUT2D eigenvalue weighted by molar-refractivity contribution is 5.92. The summed E-state index contributed by atoms with van der Waals surface area (Å²) in [6, 6.07) is -1.87. The molecule has 0 spiro atoms. The lowest BCUT2D eigenvalue weighted by Gasteiger charge is -2.27. The molecule has 1 N–H and O–H groups in total. The summed E-state index contributed by atoms with van der Waals surface area (Å²) in [5, 5.41) is 1.49. The molecule has 0 aromatic heterocycles. The number of ether oxygens (including phenoxy) is 2. The fourth-order valence-corrected chi connectivity index (χ4v) is 1.55. The van der Waals surface area contributed by atoms with Crippen molar-refractivity contribution in [2.24, 2.45) is 5.92 Å². The van der Waals surface area contributed by atoms with Gasteiger partial charge < -0.3 is 14.8 Å². The smallest absolute Gasteiger partial charge is 0.468 e. The highest BCUT2D eigenvalue weighted by Gasteiger charge is 2.44. The Morgan fingerprint density at radius 1 is 1.09 bits per heavy atom. The van der Waals surface area contributed by atoms with Crippen molar-refractivity contribution < 1.29 is 37.0 Å². The van der Waals surface area contributed by atoms with E-state index in [1.165, 1.54) is 39.1 Å². The lowest BCUT2D eigenvalue weighted by Crippen LogP contribution is -2.53. The number of allylic oxidation sites excluding steroid dienone is 1. The van der Waals surface area contributed by atoms with E-state index in [1.807, 2.05) is 0 Å². The van der Waals surface area contributed by atoms with Crippen molar-refractivity contribution in [3.8, 4) is 0 Å². The van der Waals surface area contributed by atoms with E-state index in [0.29, 0.717) is 0 Å². The van der Waals surface area contributed by atoms with E-state index in [1.54, 1.807) is 0 Å². The van der Waals surface area contributed by atoms with Gasteiger partial charge in [-0.15, -0.1) is 0 Å². The van der Waals surface area contributed by atoms with Crippen molar-refractivity contribution >= 4 is 17.8 Å². The van der Waals surface area contributed by atoms with Crippen molar-refractivity contribution in [1.82, 2.24) is 5.32 Å². The quantitative estimate of drug-likeness (QED) is 0.609. The Morgan fingerprint density at radius 3 is 1.96 bits per heavy atom. The van der Waals surface area contributed by atoms with E-state index in [9.17, 15) is 27.6 Å². The number of carbonyl (C=O) groups is 3. The van der Waals surface area contributed by atoms with Gasteiger partial charge in [0.05, 0.1) is 7.11 Å². The third kappa shape index (κ3) is 7.16. The molecule has 1 amide bonds. The first-order valence-corrected chi connectivity index (χ1v) is 6.64. The number of esters is 2. The van der Waals surface area contributed by atoms with Crippen LogP contribution in [0.4, 0.5) is 13.2 Å². The minimum absolute atomic E-state index is 0.985. The molecule has 9 heteroatoms. The summed E-state index contributed by atoms with van der Waals surface area (Å²) in [5.41, 5.74) is -1.02. The van der Waals surface area contributed by atoms with Crippen LogP contribution in [0, 0.1) is 5.92 Å². The predicted molar refractivity (Wildman–Crippen MR) is 74.2 cm³/mol. The first-order valence-electron chi connectivity index (χ1n) is 6.64. The molecule has 0 aliphatic carbocycles. The fourth-order valence-electron chi connectivity index (χ4n) is 1.55. The van der Waals surface area contributed by atoms with Crippen LogP contribution in [0.15, 0.2) is 12.2 Å². The molecule has 0 aromatic carbocycles. The summed E-state index contributed by atoms with van der Waals surface area (Å²) in [6.45, 7) is 5.98. The van der Waals surface area contributed by atoms with E-state index in [-0.39, 0.29) is 0 Å². The first kappa shape index (κ1) is 20.9. The van der Waals surface area contributed by atoms with Gasteiger partial charge in [-0.25, -0.2) is 4.79 Å². The monoisotopic (exact) mass is 339 g/mol. The number of alkyl halides is 3. The summed E-state index contributed by atoms with van der Waals surface area (Å²) in [6.07, 6.45) is -2.72. The van der Waals surface area contributed by atoms with Crippen LogP contribution in [0.2, 0.25) is 0 Å². The normalized spacial score (nSPS) is 15.0. The first-order chi connectivity index (χ1) is 10.3. The van der Waals surface area contributed by atoms with Crippen LogP contribution in [0.25, 0.3) is 0 Å². The zero-order valence-electron chi connectivity index (χ0n) is 13.5. The molecule has 0 bridgehead atoms. The van der Waals surface area contributed by atoms with Gasteiger partial charge >= 0.3 is 24.0 Å². The van der Waals surface area contributed by atoms with Crippen molar-refractivity contribution in [2.45, 2.75) is 45.5 Å². The van der Waals surface area contributed by atoms with Crippen molar-refractivity contribution in [3.05, 3.63) is 12.2 Å². The average Bonchev–Trinajstić information content (AvgIpc) is 2.38. The molecule has 0 aromatic rings. The predicted octanol–water partition coefficient (Wildman–Crippen LogP) is 1.74. The van der Waals surface area contributed by atoms with E-state index in [0.717, 1.165) is 13.2 Å². The number of hydrogen-bond donors (Lipinski definition) is 1. The number of rotatable bonds is 5. The number of methoxy groups -OCH3 is 1. The van der Waals surface area contributed by atoms with Gasteiger partial charge in [0.15, 0.2) is 0 Å². The molecule has 0 fully saturated rings. The molecule has 23 heavy (non-hydrogen) atoms. The summed E-state index contributed by atoms with van der Waals surface area (Å²) in [7, 11) is 1.01. The van der Waals surface area contributed by atoms with E-state index < -0.39 is 41.6 Å². The molecular weight excluding hydrogens is 319 g/mol. The number of halogens is 3. The van der Waals surface area contributed by atoms with Crippen LogP contribution in [0.5, 0.6) is 0 Å². The number of nitrogens with one attached hydrogen (secondary N) is 1. The molecule has 0 radical (unpaired) electrons. The summed E-state index contributed by atoms with van der Waals surface area (Å²) in [5.74, 6) is -5.97. The zero-order valence-corrected chi connectivity index (χ0v) is 13.5. The van der Waals surface area contributed by atoms with E-state index in [4.69, 9.17) is 4.74 Å². The van der Waals surface area contributed by atoms with Crippen LogP contribution in [-0.4, -0.2) is 42.8 Å². The lowest BCUT2D eigenvalue weighted by atomic mass is 9.98. The standard InChI is InChI=1S/C14H20F3NO5/c1-6-7-8(10(19)22-5)9(11(20)23-13(2,3)4)18-12(21)14(15,16)17/h6-9H,1-5H3,(H,18,21)/b7-6+/t8?,9-/m0/s1. The Kier molecular flexibility index (Phi) is 7.26. The second-order valence-electron chi connectivity index (χ2n) is 5.56. The average molecular weight is 339 g/mol. The largest absolute Gasteiger partial charge is 0.471 e. The maximum atomic E-state index is 12.4. The van der Waals surface area contributed by atoms with Gasteiger partial charge in [-0.3, -0.25) is 9.59 Å². The van der Waals surface area contributed by atoms with Gasteiger partial charge in [-0.1, -0.05) is 12.2 Å². The minimum Gasteiger partial charge on any atom is -0.468 e.